The second kappa shape index (κ2) is 7.23. The molecule has 0 bridgehead atoms. The molecule has 9 nitrogen and oxygen atoms in total. The van der Waals surface area contributed by atoms with Gasteiger partial charge < -0.3 is 9.47 Å². The van der Waals surface area contributed by atoms with Gasteiger partial charge in [-0.3, -0.25) is 18.7 Å². The molecule has 0 N–H and O–H groups in total. The topological polar surface area (TPSA) is 103 Å². The number of rotatable bonds is 4. The van der Waals surface area contributed by atoms with Gasteiger partial charge in [-0.15, -0.1) is 0 Å². The van der Waals surface area contributed by atoms with E-state index < -0.39 is 26.3 Å². The van der Waals surface area contributed by atoms with Crippen LogP contribution in [-0.2, 0) is 30.5 Å². The quantitative estimate of drug-likeness (QED) is 0.711. The number of aryl methyl sites for hydroxylation is 2. The van der Waals surface area contributed by atoms with Crippen molar-refractivity contribution in [2.24, 2.45) is 14.1 Å². The smallest absolute Gasteiger partial charge is 0.332 e. The summed E-state index contributed by atoms with van der Waals surface area (Å²) in [5, 5.41) is -0.0985. The normalized spacial score (nSPS) is 16.1. The molecule has 0 atom stereocenters. The molecule has 0 aromatic carbocycles. The van der Waals surface area contributed by atoms with Gasteiger partial charge in [0.2, 0.25) is 0 Å². The molecule has 2 aromatic heterocycles. The maximum Gasteiger partial charge on any atom is 0.332 e. The van der Waals surface area contributed by atoms with Crippen molar-refractivity contribution >= 4 is 26.8 Å². The summed E-state index contributed by atoms with van der Waals surface area (Å²) in [6, 6.07) is 1.55. The fourth-order valence-corrected chi connectivity index (χ4v) is 4.98. The molecular formula is C18H26N4O5S. The van der Waals surface area contributed by atoms with Crippen LogP contribution >= 0.6 is 0 Å². The molecule has 1 saturated heterocycles. The zero-order valence-electron chi connectivity index (χ0n) is 16.6. The number of fused-ring (bicyclic) bond motifs is 1. The minimum absolute atomic E-state index is 0.244. The Bertz CT molecular complexity index is 1150. The van der Waals surface area contributed by atoms with E-state index >= 15 is 0 Å². The fourth-order valence-electron chi connectivity index (χ4n) is 3.92. The van der Waals surface area contributed by atoms with Gasteiger partial charge in [-0.05, 0) is 25.3 Å². The Morgan fingerprint density at radius 3 is 2.29 bits per heavy atom. The van der Waals surface area contributed by atoms with Crippen LogP contribution in [0.5, 0.6) is 0 Å². The Morgan fingerprint density at radius 2 is 1.75 bits per heavy atom. The van der Waals surface area contributed by atoms with Gasteiger partial charge in [0.25, 0.3) is 11.5 Å². The second-order valence-electron chi connectivity index (χ2n) is 7.45. The summed E-state index contributed by atoms with van der Waals surface area (Å²) in [7, 11) is -0.122. The van der Waals surface area contributed by atoms with Crippen LogP contribution in [0, 0.1) is 0 Å². The Morgan fingerprint density at radius 1 is 1.14 bits per heavy atom. The van der Waals surface area contributed by atoms with E-state index in [1.165, 1.54) is 17.9 Å². The Kier molecular flexibility index (Phi) is 5.26. The van der Waals surface area contributed by atoms with Gasteiger partial charge in [-0.1, -0.05) is 6.92 Å². The number of nitrogens with zero attached hydrogens (tertiary/aromatic N) is 4. The Balaban J connectivity index is 2.06. The molecule has 0 spiro atoms. The summed E-state index contributed by atoms with van der Waals surface area (Å²) in [6.07, 6.45) is 2.76. The second-order valence-corrected chi connectivity index (χ2v) is 9.77. The van der Waals surface area contributed by atoms with Gasteiger partial charge >= 0.3 is 5.69 Å². The third-order valence-electron chi connectivity index (χ3n) is 5.50. The molecule has 1 aliphatic heterocycles. The van der Waals surface area contributed by atoms with Crippen molar-refractivity contribution in [2.75, 3.05) is 19.3 Å². The van der Waals surface area contributed by atoms with Crippen LogP contribution in [-0.4, -0.2) is 57.5 Å². The van der Waals surface area contributed by atoms with Crippen LogP contribution in [0.15, 0.2) is 15.7 Å². The first kappa shape index (κ1) is 20.4. The Hall–Kier alpha value is -2.36. The van der Waals surface area contributed by atoms with Crippen LogP contribution in [0.1, 0.15) is 36.7 Å². The molecule has 3 rings (SSSR count). The minimum Gasteiger partial charge on any atom is -0.337 e. The number of amides is 1. The highest BCUT2D eigenvalue weighted by molar-refractivity contribution is 7.91. The number of hydrogen-bond donors (Lipinski definition) is 0. The molecule has 10 heteroatoms. The molecular weight excluding hydrogens is 384 g/mol. The lowest BCUT2D eigenvalue weighted by Gasteiger charge is -2.31. The number of likely N-dealkylation sites (tertiary alicyclic amines) is 1. The average Bonchev–Trinajstić information content (AvgIpc) is 3.03. The van der Waals surface area contributed by atoms with E-state index in [2.05, 4.69) is 0 Å². The number of carbonyl (C=O) groups is 1. The predicted molar refractivity (Wildman–Crippen MR) is 106 cm³/mol. The standard InChI is InChI=1S/C18H26N4O5S/c1-5-8-22-14(11-13-15(22)19(2)18(25)20(3)16(13)23)17(24)21-9-6-12(7-10-21)28(4,26)27/h11-12H,5-10H2,1-4H3. The van der Waals surface area contributed by atoms with E-state index in [9.17, 15) is 22.8 Å². The third-order valence-corrected chi connectivity index (χ3v) is 7.18. The Labute approximate surface area is 163 Å². The molecule has 2 aromatic rings. The van der Waals surface area contributed by atoms with Crippen molar-refractivity contribution < 1.29 is 13.2 Å². The van der Waals surface area contributed by atoms with Crippen molar-refractivity contribution in [1.29, 1.82) is 0 Å². The van der Waals surface area contributed by atoms with E-state index in [-0.39, 0.29) is 5.91 Å². The molecule has 0 saturated carbocycles. The summed E-state index contributed by atoms with van der Waals surface area (Å²) >= 11 is 0. The first-order valence-electron chi connectivity index (χ1n) is 9.35. The lowest BCUT2D eigenvalue weighted by Crippen LogP contribution is -2.43. The molecule has 3 heterocycles. The van der Waals surface area contributed by atoms with Gasteiger partial charge in [-0.25, -0.2) is 13.2 Å². The van der Waals surface area contributed by atoms with E-state index in [1.54, 1.807) is 22.6 Å². The van der Waals surface area contributed by atoms with Crippen LogP contribution < -0.4 is 11.2 Å². The lowest BCUT2D eigenvalue weighted by molar-refractivity contribution is 0.0715. The molecule has 1 aliphatic rings. The molecule has 0 radical (unpaired) electrons. The van der Waals surface area contributed by atoms with Crippen molar-refractivity contribution in [3.8, 4) is 0 Å². The highest BCUT2D eigenvalue weighted by Crippen LogP contribution is 2.22. The summed E-state index contributed by atoms with van der Waals surface area (Å²) in [4.78, 5) is 39.7. The van der Waals surface area contributed by atoms with Gasteiger partial charge in [0, 0.05) is 40.0 Å². The van der Waals surface area contributed by atoms with Crippen LogP contribution in [0.4, 0.5) is 0 Å². The van der Waals surface area contributed by atoms with Crippen molar-refractivity contribution in [1.82, 2.24) is 18.6 Å². The summed E-state index contributed by atoms with van der Waals surface area (Å²) in [5.74, 6) is -0.244. The molecule has 154 valence electrons. The van der Waals surface area contributed by atoms with Gasteiger partial charge in [0.15, 0.2) is 0 Å². The number of hydrogen-bond acceptors (Lipinski definition) is 5. The van der Waals surface area contributed by atoms with Crippen LogP contribution in [0.25, 0.3) is 11.0 Å². The third kappa shape index (κ3) is 3.30. The van der Waals surface area contributed by atoms with Gasteiger partial charge in [0.05, 0.1) is 10.6 Å². The molecule has 28 heavy (non-hydrogen) atoms. The molecule has 1 fully saturated rings. The van der Waals surface area contributed by atoms with E-state index in [4.69, 9.17) is 0 Å². The zero-order chi connectivity index (χ0) is 20.8. The first-order chi connectivity index (χ1) is 13.1. The van der Waals surface area contributed by atoms with Crippen molar-refractivity contribution in [3.63, 3.8) is 0 Å². The van der Waals surface area contributed by atoms with Crippen molar-refractivity contribution in [2.45, 2.75) is 38.0 Å². The van der Waals surface area contributed by atoms with Gasteiger partial charge in [0.1, 0.15) is 21.2 Å². The lowest BCUT2D eigenvalue weighted by atomic mass is 10.1. The number of aromatic nitrogens is 3. The highest BCUT2D eigenvalue weighted by atomic mass is 32.2. The van der Waals surface area contributed by atoms with Crippen LogP contribution in [0.2, 0.25) is 0 Å². The van der Waals surface area contributed by atoms with E-state index in [0.29, 0.717) is 49.2 Å². The summed E-state index contributed by atoms with van der Waals surface area (Å²) in [6.45, 7) is 3.14. The highest BCUT2D eigenvalue weighted by Gasteiger charge is 2.31. The average molecular weight is 410 g/mol. The largest absolute Gasteiger partial charge is 0.337 e. The van der Waals surface area contributed by atoms with Crippen molar-refractivity contribution in [3.05, 3.63) is 32.6 Å². The maximum absolute atomic E-state index is 13.2. The minimum atomic E-state index is -3.12. The molecule has 0 aliphatic carbocycles. The predicted octanol–water partition coefficient (Wildman–Crippen LogP) is 0.0979. The fraction of sp³-hybridized carbons (Fsp3) is 0.611. The SMILES string of the molecule is CCCn1c(C(=O)N2CCC(S(C)(=O)=O)CC2)cc2c(=O)n(C)c(=O)n(C)c21. The van der Waals surface area contributed by atoms with E-state index in [1.807, 2.05) is 6.92 Å². The van der Waals surface area contributed by atoms with E-state index in [0.717, 1.165) is 11.0 Å². The summed E-state index contributed by atoms with van der Waals surface area (Å²) < 4.78 is 27.6. The zero-order valence-corrected chi connectivity index (χ0v) is 17.5. The maximum atomic E-state index is 13.2. The number of sulfone groups is 1. The monoisotopic (exact) mass is 410 g/mol. The first-order valence-corrected chi connectivity index (χ1v) is 11.3. The molecule has 1 amide bonds. The number of piperidine rings is 1. The van der Waals surface area contributed by atoms with Crippen LogP contribution in [0.3, 0.4) is 0 Å². The number of carbonyl (C=O) groups excluding carboxylic acids is 1. The van der Waals surface area contributed by atoms with Gasteiger partial charge in [-0.2, -0.15) is 0 Å². The molecule has 0 unspecified atom stereocenters. The summed E-state index contributed by atoms with van der Waals surface area (Å²) in [5.41, 5.74) is -0.0871.